The highest BCUT2D eigenvalue weighted by Gasteiger charge is 2.21. The molecule has 2 aromatic carbocycles. The van der Waals surface area contributed by atoms with Crippen LogP contribution in [0.3, 0.4) is 0 Å². The van der Waals surface area contributed by atoms with E-state index in [-0.39, 0.29) is 6.04 Å². The zero-order chi connectivity index (χ0) is 23.0. The summed E-state index contributed by atoms with van der Waals surface area (Å²) in [5.41, 5.74) is 2.74. The summed E-state index contributed by atoms with van der Waals surface area (Å²) in [6.45, 7) is 3.95. The molecule has 166 valence electrons. The Kier molecular flexibility index (Phi) is 6.62. The Morgan fingerprint density at radius 2 is 1.84 bits per heavy atom. The first-order chi connectivity index (χ1) is 15.2. The quantitative estimate of drug-likeness (QED) is 0.248. The fraction of sp³-hybridized carbons (Fsp3) is 0.261. The molecule has 0 saturated heterocycles. The van der Waals surface area contributed by atoms with Gasteiger partial charge >= 0.3 is 5.63 Å². The Balaban J connectivity index is 1.75. The number of rotatable bonds is 6. The summed E-state index contributed by atoms with van der Waals surface area (Å²) in [5.74, 6) is 1.32. The Labute approximate surface area is 200 Å². The number of aryl methyl sites for hydroxylation is 1. The molecular formula is C23H22Cl2N4O2S. The van der Waals surface area contributed by atoms with Crippen molar-refractivity contribution in [3.05, 3.63) is 79.9 Å². The molecule has 2 aromatic heterocycles. The van der Waals surface area contributed by atoms with E-state index >= 15 is 0 Å². The van der Waals surface area contributed by atoms with E-state index in [4.69, 9.17) is 27.6 Å². The number of thioether (sulfide) groups is 1. The fourth-order valence-electron chi connectivity index (χ4n) is 3.32. The third-order valence-electron chi connectivity index (χ3n) is 5.36. The van der Waals surface area contributed by atoms with E-state index in [9.17, 15) is 4.79 Å². The average molecular weight is 489 g/mol. The summed E-state index contributed by atoms with van der Waals surface area (Å²) < 4.78 is 7.41. The standard InChI is InChI=1S/C23H22Cl2N4O2S/c1-13-9-20-18(11-19(13)25)15(10-21(30)31-20)12-32-23-27-26-22(14(2)28(3)4)29(23)17-7-5-16(24)6-8-17/h5-11,14H,12H2,1-4H3. The molecule has 9 heteroatoms. The van der Waals surface area contributed by atoms with Crippen LogP contribution in [0.5, 0.6) is 0 Å². The van der Waals surface area contributed by atoms with Crippen molar-refractivity contribution < 1.29 is 4.42 Å². The first kappa shape index (κ1) is 22.9. The van der Waals surface area contributed by atoms with Crippen molar-refractivity contribution in [2.75, 3.05) is 14.1 Å². The zero-order valence-corrected chi connectivity index (χ0v) is 20.4. The molecule has 0 aliphatic rings. The molecule has 0 amide bonds. The van der Waals surface area contributed by atoms with E-state index in [1.54, 1.807) is 6.07 Å². The van der Waals surface area contributed by atoms with E-state index in [1.165, 1.54) is 17.8 Å². The lowest BCUT2D eigenvalue weighted by atomic mass is 10.1. The van der Waals surface area contributed by atoms with Crippen molar-refractivity contribution in [1.82, 2.24) is 19.7 Å². The van der Waals surface area contributed by atoms with Crippen molar-refractivity contribution in [2.45, 2.75) is 30.8 Å². The van der Waals surface area contributed by atoms with Gasteiger partial charge in [0.2, 0.25) is 0 Å². The number of benzene rings is 2. The molecule has 0 fully saturated rings. The Hall–Kier alpha value is -2.32. The average Bonchev–Trinajstić information content (AvgIpc) is 3.17. The van der Waals surface area contributed by atoms with Gasteiger partial charge in [0.05, 0.1) is 6.04 Å². The van der Waals surface area contributed by atoms with Gasteiger partial charge in [-0.3, -0.25) is 9.47 Å². The monoisotopic (exact) mass is 488 g/mol. The van der Waals surface area contributed by atoms with Crippen LogP contribution in [-0.2, 0) is 5.75 Å². The molecule has 6 nitrogen and oxygen atoms in total. The number of halogens is 2. The minimum Gasteiger partial charge on any atom is -0.423 e. The predicted molar refractivity (Wildman–Crippen MR) is 130 cm³/mol. The maximum Gasteiger partial charge on any atom is 0.336 e. The lowest BCUT2D eigenvalue weighted by molar-refractivity contribution is 0.305. The molecular weight excluding hydrogens is 467 g/mol. The van der Waals surface area contributed by atoms with Crippen LogP contribution in [0.15, 0.2) is 56.8 Å². The van der Waals surface area contributed by atoms with Crippen LogP contribution in [0.4, 0.5) is 0 Å². The van der Waals surface area contributed by atoms with Crippen LogP contribution in [0.2, 0.25) is 10.0 Å². The van der Waals surface area contributed by atoms with E-state index < -0.39 is 5.63 Å². The molecule has 0 radical (unpaired) electrons. The van der Waals surface area contributed by atoms with Gasteiger partial charge in [-0.2, -0.15) is 0 Å². The lowest BCUT2D eigenvalue weighted by Gasteiger charge is -2.20. The molecule has 0 bridgehead atoms. The van der Waals surface area contributed by atoms with Crippen molar-refractivity contribution in [1.29, 1.82) is 0 Å². The minimum absolute atomic E-state index is 0.0407. The second-order valence-electron chi connectivity index (χ2n) is 7.77. The van der Waals surface area contributed by atoms with E-state index in [0.29, 0.717) is 21.4 Å². The molecule has 0 aliphatic carbocycles. The molecule has 0 saturated carbocycles. The third kappa shape index (κ3) is 4.57. The predicted octanol–water partition coefficient (Wildman–Crippen LogP) is 5.90. The van der Waals surface area contributed by atoms with Gasteiger partial charge in [0, 0.05) is 32.9 Å². The van der Waals surface area contributed by atoms with Crippen LogP contribution in [0.1, 0.15) is 29.9 Å². The molecule has 4 aromatic rings. The summed E-state index contributed by atoms with van der Waals surface area (Å²) in [5, 5.41) is 11.7. The molecule has 2 heterocycles. The number of hydrogen-bond acceptors (Lipinski definition) is 6. The van der Waals surface area contributed by atoms with Gasteiger partial charge in [-0.1, -0.05) is 35.0 Å². The van der Waals surface area contributed by atoms with Crippen LogP contribution < -0.4 is 5.63 Å². The van der Waals surface area contributed by atoms with Gasteiger partial charge in [-0.05, 0) is 75.5 Å². The zero-order valence-electron chi connectivity index (χ0n) is 18.1. The van der Waals surface area contributed by atoms with Crippen LogP contribution in [0.25, 0.3) is 16.7 Å². The lowest BCUT2D eigenvalue weighted by Crippen LogP contribution is -2.20. The van der Waals surface area contributed by atoms with E-state index in [2.05, 4.69) is 22.0 Å². The van der Waals surface area contributed by atoms with E-state index in [1.807, 2.05) is 55.9 Å². The molecule has 32 heavy (non-hydrogen) atoms. The Bertz CT molecular complexity index is 1330. The number of fused-ring (bicyclic) bond motifs is 1. The maximum atomic E-state index is 12.1. The topological polar surface area (TPSA) is 64.2 Å². The summed E-state index contributed by atoms with van der Waals surface area (Å²) in [4.78, 5) is 14.2. The first-order valence-electron chi connectivity index (χ1n) is 9.98. The van der Waals surface area contributed by atoms with Gasteiger partial charge in [0.1, 0.15) is 5.58 Å². The second kappa shape index (κ2) is 9.27. The molecule has 4 rings (SSSR count). The number of hydrogen-bond donors (Lipinski definition) is 0. The van der Waals surface area contributed by atoms with Crippen molar-refractivity contribution in [2.24, 2.45) is 0 Å². The summed E-state index contributed by atoms with van der Waals surface area (Å²) in [6, 6.07) is 12.8. The summed E-state index contributed by atoms with van der Waals surface area (Å²) in [7, 11) is 4.00. The van der Waals surface area contributed by atoms with Crippen LogP contribution >= 0.6 is 35.0 Å². The SMILES string of the molecule is Cc1cc2oc(=O)cc(CSc3nnc(C(C)N(C)C)n3-c3ccc(Cl)cc3)c2cc1Cl. The van der Waals surface area contributed by atoms with Gasteiger partial charge < -0.3 is 4.42 Å². The molecule has 0 spiro atoms. The van der Waals surface area contributed by atoms with E-state index in [0.717, 1.165) is 33.2 Å². The highest BCUT2D eigenvalue weighted by atomic mass is 35.5. The molecule has 0 N–H and O–H groups in total. The van der Waals surface area contributed by atoms with Gasteiger partial charge in [0.25, 0.3) is 0 Å². The minimum atomic E-state index is -0.393. The van der Waals surface area contributed by atoms with Gasteiger partial charge in [-0.25, -0.2) is 4.79 Å². The molecule has 1 atom stereocenters. The Morgan fingerprint density at radius 1 is 1.12 bits per heavy atom. The Morgan fingerprint density at radius 3 is 2.53 bits per heavy atom. The highest BCUT2D eigenvalue weighted by Crippen LogP contribution is 2.32. The molecule has 1 unspecified atom stereocenters. The van der Waals surface area contributed by atoms with Crippen LogP contribution in [-0.4, -0.2) is 33.8 Å². The van der Waals surface area contributed by atoms with Crippen molar-refractivity contribution >= 4 is 45.9 Å². The van der Waals surface area contributed by atoms with Crippen molar-refractivity contribution in [3.63, 3.8) is 0 Å². The first-order valence-corrected chi connectivity index (χ1v) is 11.7. The second-order valence-corrected chi connectivity index (χ2v) is 9.56. The highest BCUT2D eigenvalue weighted by molar-refractivity contribution is 7.98. The number of aromatic nitrogens is 3. The van der Waals surface area contributed by atoms with Gasteiger partial charge in [-0.15, -0.1) is 10.2 Å². The largest absolute Gasteiger partial charge is 0.423 e. The third-order valence-corrected chi connectivity index (χ3v) is 6.99. The molecule has 0 aliphatic heterocycles. The number of nitrogens with zero attached hydrogens (tertiary/aromatic N) is 4. The maximum absolute atomic E-state index is 12.1. The normalized spacial score (nSPS) is 12.6. The fourth-order valence-corrected chi connectivity index (χ4v) is 4.56. The van der Waals surface area contributed by atoms with Crippen molar-refractivity contribution in [3.8, 4) is 5.69 Å². The summed E-state index contributed by atoms with van der Waals surface area (Å²) >= 11 is 13.9. The van der Waals surface area contributed by atoms with Crippen LogP contribution in [0, 0.1) is 6.92 Å². The smallest absolute Gasteiger partial charge is 0.336 e. The summed E-state index contributed by atoms with van der Waals surface area (Å²) in [6.07, 6.45) is 0. The van der Waals surface area contributed by atoms with Gasteiger partial charge in [0.15, 0.2) is 11.0 Å².